The van der Waals surface area contributed by atoms with Crippen molar-refractivity contribution in [1.82, 2.24) is 5.16 Å². The first kappa shape index (κ1) is 7.28. The molecule has 0 aromatic carbocycles. The molecule has 0 unspecified atom stereocenters. The number of carbonyl (C=O) groups excluding carboxylic acids is 1. The highest BCUT2D eigenvalue weighted by Gasteiger charge is 2.12. The van der Waals surface area contributed by atoms with Crippen molar-refractivity contribution in [3.63, 3.8) is 0 Å². The van der Waals surface area contributed by atoms with E-state index in [2.05, 4.69) is 5.16 Å². The van der Waals surface area contributed by atoms with E-state index in [1.54, 1.807) is 13.8 Å². The molecule has 0 bridgehead atoms. The van der Waals surface area contributed by atoms with E-state index in [0.29, 0.717) is 11.3 Å². The van der Waals surface area contributed by atoms with E-state index in [1.807, 2.05) is 0 Å². The van der Waals surface area contributed by atoms with Gasteiger partial charge in [0.1, 0.15) is 5.76 Å². The summed E-state index contributed by atoms with van der Waals surface area (Å²) in [6.45, 7) is 3.47. The molecule has 0 saturated carbocycles. The molecule has 0 aliphatic rings. The maximum Gasteiger partial charge on any atom is 0.274 e. The van der Waals surface area contributed by atoms with Crippen molar-refractivity contribution in [1.29, 1.82) is 0 Å². The number of nitrogens with zero attached hydrogens (tertiary/aromatic N) is 1. The molecule has 0 aliphatic heterocycles. The molecule has 1 aromatic rings. The lowest BCUT2D eigenvalue weighted by molar-refractivity contribution is 0.107. The summed E-state index contributed by atoms with van der Waals surface area (Å²) in [4.78, 5) is 10.5. The molecule has 54 valence electrons. The lowest BCUT2D eigenvalue weighted by Gasteiger charge is -1.83. The van der Waals surface area contributed by atoms with E-state index in [-0.39, 0.29) is 5.69 Å². The van der Waals surface area contributed by atoms with Gasteiger partial charge in [-0.15, -0.1) is 0 Å². The van der Waals surface area contributed by atoms with E-state index in [1.165, 1.54) is 0 Å². The van der Waals surface area contributed by atoms with Gasteiger partial charge >= 0.3 is 0 Å². The summed E-state index contributed by atoms with van der Waals surface area (Å²) in [5, 5.41) is 2.88. The Morgan fingerprint density at radius 2 is 2.20 bits per heavy atom. The second-order valence-electron chi connectivity index (χ2n) is 1.99. The molecule has 1 rings (SSSR count). The molecule has 0 amide bonds. The van der Waals surface area contributed by atoms with E-state index >= 15 is 0 Å². The Kier molecular flexibility index (Phi) is 1.76. The third-order valence-electron chi connectivity index (χ3n) is 1.34. The van der Waals surface area contributed by atoms with Crippen LogP contribution in [0.5, 0.6) is 0 Å². The van der Waals surface area contributed by atoms with E-state index in [4.69, 9.17) is 16.1 Å². The zero-order valence-corrected chi connectivity index (χ0v) is 6.40. The lowest BCUT2D eigenvalue weighted by atomic mass is 10.2. The number of aromatic nitrogens is 1. The fraction of sp³-hybridized carbons (Fsp3) is 0.333. The highest BCUT2D eigenvalue weighted by atomic mass is 35.5. The minimum absolute atomic E-state index is 0.208. The van der Waals surface area contributed by atoms with Gasteiger partial charge in [-0.1, -0.05) is 5.16 Å². The van der Waals surface area contributed by atoms with Gasteiger partial charge in [-0.3, -0.25) is 4.79 Å². The van der Waals surface area contributed by atoms with Crippen molar-refractivity contribution in [3.05, 3.63) is 17.0 Å². The Bertz CT molecular complexity index is 267. The van der Waals surface area contributed by atoms with Crippen LogP contribution in [0.1, 0.15) is 21.8 Å². The largest absolute Gasteiger partial charge is 0.361 e. The summed E-state index contributed by atoms with van der Waals surface area (Å²) in [6, 6.07) is 0. The topological polar surface area (TPSA) is 43.1 Å². The average Bonchev–Trinajstić information content (AvgIpc) is 2.14. The van der Waals surface area contributed by atoms with E-state index in [0.717, 1.165) is 0 Å². The summed E-state index contributed by atoms with van der Waals surface area (Å²) in [7, 11) is 0. The highest BCUT2D eigenvalue weighted by molar-refractivity contribution is 6.67. The maximum atomic E-state index is 10.5. The summed E-state index contributed by atoms with van der Waals surface area (Å²) in [5.74, 6) is 0.629. The zero-order valence-electron chi connectivity index (χ0n) is 5.64. The number of hydrogen-bond acceptors (Lipinski definition) is 3. The summed E-state index contributed by atoms with van der Waals surface area (Å²) < 4.78 is 4.70. The Balaban J connectivity index is 3.17. The van der Waals surface area contributed by atoms with Crippen molar-refractivity contribution in [2.75, 3.05) is 0 Å². The van der Waals surface area contributed by atoms with E-state index < -0.39 is 5.24 Å². The number of halogens is 1. The van der Waals surface area contributed by atoms with Crippen molar-refractivity contribution < 1.29 is 9.32 Å². The van der Waals surface area contributed by atoms with Crippen LogP contribution in [0.4, 0.5) is 0 Å². The van der Waals surface area contributed by atoms with Crippen LogP contribution in [-0.2, 0) is 0 Å². The molecule has 0 radical (unpaired) electrons. The van der Waals surface area contributed by atoms with Crippen molar-refractivity contribution in [2.24, 2.45) is 0 Å². The molecule has 3 nitrogen and oxygen atoms in total. The molecular weight excluding hydrogens is 154 g/mol. The fourth-order valence-electron chi connectivity index (χ4n) is 0.601. The molecule has 0 spiro atoms. The number of hydrogen-bond donors (Lipinski definition) is 0. The van der Waals surface area contributed by atoms with Crippen molar-refractivity contribution >= 4 is 16.8 Å². The Hall–Kier alpha value is -0.830. The maximum absolute atomic E-state index is 10.5. The Morgan fingerprint density at radius 1 is 1.60 bits per heavy atom. The monoisotopic (exact) mass is 159 g/mol. The smallest absolute Gasteiger partial charge is 0.274 e. The number of aryl methyl sites for hydroxylation is 1. The molecule has 0 aliphatic carbocycles. The van der Waals surface area contributed by atoms with Crippen molar-refractivity contribution in [2.45, 2.75) is 13.8 Å². The predicted octanol–water partition coefficient (Wildman–Crippen LogP) is 1.67. The minimum atomic E-state index is -0.575. The first-order valence-electron chi connectivity index (χ1n) is 2.75. The van der Waals surface area contributed by atoms with Crippen LogP contribution in [0.25, 0.3) is 0 Å². The van der Waals surface area contributed by atoms with Crippen LogP contribution < -0.4 is 0 Å². The van der Waals surface area contributed by atoms with Gasteiger partial charge < -0.3 is 4.52 Å². The minimum Gasteiger partial charge on any atom is -0.361 e. The summed E-state index contributed by atoms with van der Waals surface area (Å²) in [6.07, 6.45) is 0. The first-order valence-corrected chi connectivity index (χ1v) is 3.13. The van der Waals surface area contributed by atoms with Crippen LogP contribution in [0.2, 0.25) is 0 Å². The molecule has 0 fully saturated rings. The predicted molar refractivity (Wildman–Crippen MR) is 36.2 cm³/mol. The second-order valence-corrected chi connectivity index (χ2v) is 2.33. The fourth-order valence-corrected chi connectivity index (χ4v) is 0.777. The molecule has 4 heteroatoms. The standard InChI is InChI=1S/C6H6ClNO2/c1-3-4(2)10-8-5(3)6(7)9/h1-2H3. The van der Waals surface area contributed by atoms with E-state index in [9.17, 15) is 4.79 Å². The zero-order chi connectivity index (χ0) is 7.72. The first-order chi connectivity index (χ1) is 4.63. The van der Waals surface area contributed by atoms with Crippen LogP contribution >= 0.6 is 11.6 Å². The molecule has 0 saturated heterocycles. The van der Waals surface area contributed by atoms with Crippen LogP contribution in [0.15, 0.2) is 4.52 Å². The third-order valence-corrected chi connectivity index (χ3v) is 1.52. The number of carbonyl (C=O) groups is 1. The molecule has 10 heavy (non-hydrogen) atoms. The third kappa shape index (κ3) is 1.04. The Morgan fingerprint density at radius 3 is 2.40 bits per heavy atom. The van der Waals surface area contributed by atoms with Gasteiger partial charge in [0.15, 0.2) is 5.69 Å². The number of rotatable bonds is 1. The quantitative estimate of drug-likeness (QED) is 0.586. The SMILES string of the molecule is Cc1onc(C(=O)Cl)c1C. The normalized spacial score (nSPS) is 9.90. The van der Waals surface area contributed by atoms with Gasteiger partial charge in [-0.05, 0) is 25.4 Å². The lowest BCUT2D eigenvalue weighted by Crippen LogP contribution is -1.90. The van der Waals surface area contributed by atoms with Gasteiger partial charge in [0.25, 0.3) is 5.24 Å². The van der Waals surface area contributed by atoms with Crippen LogP contribution in [-0.4, -0.2) is 10.4 Å². The summed E-state index contributed by atoms with van der Waals surface area (Å²) >= 11 is 5.16. The van der Waals surface area contributed by atoms with Crippen molar-refractivity contribution in [3.8, 4) is 0 Å². The van der Waals surface area contributed by atoms with Gasteiger partial charge in [0.05, 0.1) is 0 Å². The van der Waals surface area contributed by atoms with Gasteiger partial charge in [0, 0.05) is 5.56 Å². The Labute approximate surface area is 63.0 Å². The second kappa shape index (κ2) is 2.42. The van der Waals surface area contributed by atoms with Gasteiger partial charge in [-0.2, -0.15) is 0 Å². The summed E-state index contributed by atoms with van der Waals surface area (Å²) in [5.41, 5.74) is 0.916. The van der Waals surface area contributed by atoms with Crippen LogP contribution in [0.3, 0.4) is 0 Å². The van der Waals surface area contributed by atoms with Gasteiger partial charge in [0.2, 0.25) is 0 Å². The molecule has 0 N–H and O–H groups in total. The van der Waals surface area contributed by atoms with Gasteiger partial charge in [-0.25, -0.2) is 0 Å². The average molecular weight is 160 g/mol. The van der Waals surface area contributed by atoms with Crippen LogP contribution in [0, 0.1) is 13.8 Å². The molecular formula is C6H6ClNO2. The molecule has 0 atom stereocenters. The highest BCUT2D eigenvalue weighted by Crippen LogP contribution is 2.12. The molecule has 1 aromatic heterocycles. The molecule has 1 heterocycles.